The lowest BCUT2D eigenvalue weighted by molar-refractivity contribution is -0.862. The Balaban J connectivity index is 1.80. The van der Waals surface area contributed by atoms with Crippen molar-refractivity contribution in [3.63, 3.8) is 0 Å². The van der Waals surface area contributed by atoms with Gasteiger partial charge in [0.25, 0.3) is 11.8 Å². The topological polar surface area (TPSA) is 74.2 Å². The van der Waals surface area contributed by atoms with Crippen LogP contribution in [-0.2, 0) is 14.4 Å². The molecule has 7 heteroatoms. The van der Waals surface area contributed by atoms with E-state index in [2.05, 4.69) is 5.32 Å². The minimum atomic E-state index is -0.106. The van der Waals surface area contributed by atoms with Crippen molar-refractivity contribution in [1.29, 1.82) is 0 Å². The van der Waals surface area contributed by atoms with Gasteiger partial charge < -0.3 is 20.0 Å². The van der Waals surface area contributed by atoms with Crippen LogP contribution < -0.4 is 10.2 Å². The Labute approximate surface area is 154 Å². The standard InChI is InChI=1S/C19H28N4O3/c1-14-6-5-7-17(15(14)2)20-18(25)12-21(4)13-19(26)23-10-8-22(9-11-23)16(3)24/h5-7H,8-13H2,1-4H3,(H,20,25)/p+1. The van der Waals surface area contributed by atoms with E-state index in [0.717, 1.165) is 21.7 Å². The number of hydrogen-bond donors (Lipinski definition) is 2. The SMILES string of the molecule is CC(=O)N1CCN(C(=O)C[NH+](C)CC(=O)Nc2cccc(C)c2C)CC1. The molecule has 26 heavy (non-hydrogen) atoms. The van der Waals surface area contributed by atoms with Crippen molar-refractivity contribution < 1.29 is 19.3 Å². The molecule has 0 spiro atoms. The lowest BCUT2D eigenvalue weighted by Gasteiger charge is -2.34. The predicted octanol–water partition coefficient (Wildman–Crippen LogP) is -0.553. The molecule has 2 N–H and O–H groups in total. The van der Waals surface area contributed by atoms with E-state index in [1.165, 1.54) is 0 Å². The minimum absolute atomic E-state index is 0.0187. The lowest BCUT2D eigenvalue weighted by Crippen LogP contribution is -3.11. The van der Waals surface area contributed by atoms with Crippen LogP contribution in [0.4, 0.5) is 5.69 Å². The van der Waals surface area contributed by atoms with Gasteiger partial charge in [-0.25, -0.2) is 0 Å². The number of amides is 3. The molecule has 1 aromatic carbocycles. The first kappa shape index (κ1) is 19.9. The smallest absolute Gasteiger partial charge is 0.279 e. The third-order valence-corrected chi connectivity index (χ3v) is 4.87. The number of rotatable bonds is 5. The monoisotopic (exact) mass is 361 g/mol. The van der Waals surface area contributed by atoms with Crippen LogP contribution in [0.3, 0.4) is 0 Å². The zero-order valence-corrected chi connectivity index (χ0v) is 16.1. The number of carbonyl (C=O) groups excluding carboxylic acids is 3. The van der Waals surface area contributed by atoms with E-state index in [0.29, 0.717) is 26.2 Å². The lowest BCUT2D eigenvalue weighted by atomic mass is 10.1. The summed E-state index contributed by atoms with van der Waals surface area (Å²) in [6, 6.07) is 5.81. The number of quaternary nitrogens is 1. The Morgan fingerprint density at radius 1 is 1.04 bits per heavy atom. The normalized spacial score (nSPS) is 15.5. The van der Waals surface area contributed by atoms with Gasteiger partial charge in [0.1, 0.15) is 0 Å². The summed E-state index contributed by atoms with van der Waals surface area (Å²) in [5.41, 5.74) is 3.00. The molecule has 1 aromatic rings. The largest absolute Gasteiger partial charge is 0.339 e. The van der Waals surface area contributed by atoms with Gasteiger partial charge in [0.15, 0.2) is 13.1 Å². The Morgan fingerprint density at radius 3 is 2.27 bits per heavy atom. The molecule has 7 nitrogen and oxygen atoms in total. The van der Waals surface area contributed by atoms with E-state index in [4.69, 9.17) is 0 Å². The third-order valence-electron chi connectivity index (χ3n) is 4.87. The van der Waals surface area contributed by atoms with Crippen LogP contribution >= 0.6 is 0 Å². The van der Waals surface area contributed by atoms with Crippen molar-refractivity contribution in [2.45, 2.75) is 20.8 Å². The molecule has 1 saturated heterocycles. The van der Waals surface area contributed by atoms with Crippen LogP contribution in [0.1, 0.15) is 18.1 Å². The number of nitrogens with zero attached hydrogens (tertiary/aromatic N) is 2. The van der Waals surface area contributed by atoms with E-state index in [1.54, 1.807) is 16.7 Å². The summed E-state index contributed by atoms with van der Waals surface area (Å²) in [6.07, 6.45) is 0. The van der Waals surface area contributed by atoms with Crippen LogP contribution in [0.25, 0.3) is 0 Å². The summed E-state index contributed by atoms with van der Waals surface area (Å²) in [5.74, 6) is -0.0430. The summed E-state index contributed by atoms with van der Waals surface area (Å²) in [6.45, 7) is 8.29. The Hall–Kier alpha value is -2.41. The quantitative estimate of drug-likeness (QED) is 0.739. The van der Waals surface area contributed by atoms with Crippen LogP contribution in [0, 0.1) is 13.8 Å². The molecule has 0 aromatic heterocycles. The number of hydrogen-bond acceptors (Lipinski definition) is 3. The van der Waals surface area contributed by atoms with Gasteiger partial charge in [0, 0.05) is 38.8 Å². The van der Waals surface area contributed by atoms with Crippen molar-refractivity contribution in [3.8, 4) is 0 Å². The van der Waals surface area contributed by atoms with E-state index in [1.807, 2.05) is 39.1 Å². The number of carbonyl (C=O) groups is 3. The van der Waals surface area contributed by atoms with Crippen molar-refractivity contribution in [1.82, 2.24) is 9.80 Å². The average molecular weight is 361 g/mol. The molecule has 1 fully saturated rings. The Kier molecular flexibility index (Phi) is 6.74. The zero-order chi connectivity index (χ0) is 19.3. The highest BCUT2D eigenvalue weighted by Crippen LogP contribution is 2.17. The molecule has 0 radical (unpaired) electrons. The van der Waals surface area contributed by atoms with Crippen molar-refractivity contribution in [2.24, 2.45) is 0 Å². The van der Waals surface area contributed by atoms with Gasteiger partial charge in [0.2, 0.25) is 5.91 Å². The maximum Gasteiger partial charge on any atom is 0.279 e. The summed E-state index contributed by atoms with van der Waals surface area (Å²) in [5, 5.41) is 2.92. The molecular formula is C19H29N4O3+. The van der Waals surface area contributed by atoms with Crippen LogP contribution in [0.5, 0.6) is 0 Å². The van der Waals surface area contributed by atoms with E-state index < -0.39 is 0 Å². The van der Waals surface area contributed by atoms with Gasteiger partial charge in [-0.3, -0.25) is 14.4 Å². The van der Waals surface area contributed by atoms with Gasteiger partial charge in [0.05, 0.1) is 7.05 Å². The van der Waals surface area contributed by atoms with E-state index >= 15 is 0 Å². The summed E-state index contributed by atoms with van der Waals surface area (Å²) >= 11 is 0. The summed E-state index contributed by atoms with van der Waals surface area (Å²) < 4.78 is 0. The van der Waals surface area contributed by atoms with Gasteiger partial charge in [-0.15, -0.1) is 0 Å². The van der Waals surface area contributed by atoms with Crippen LogP contribution in [0.2, 0.25) is 0 Å². The first-order valence-electron chi connectivity index (χ1n) is 8.98. The molecule has 0 saturated carbocycles. The zero-order valence-electron chi connectivity index (χ0n) is 16.1. The molecule has 2 rings (SSSR count). The highest BCUT2D eigenvalue weighted by Gasteiger charge is 2.25. The highest BCUT2D eigenvalue weighted by molar-refractivity contribution is 5.92. The fourth-order valence-corrected chi connectivity index (χ4v) is 3.06. The second-order valence-corrected chi connectivity index (χ2v) is 6.99. The molecule has 1 aliphatic rings. The van der Waals surface area contributed by atoms with Crippen LogP contribution in [-0.4, -0.2) is 73.8 Å². The molecule has 0 aliphatic carbocycles. The maximum absolute atomic E-state index is 12.4. The summed E-state index contributed by atoms with van der Waals surface area (Å²) in [7, 11) is 1.84. The van der Waals surface area contributed by atoms with E-state index in [-0.39, 0.29) is 30.8 Å². The molecular weight excluding hydrogens is 332 g/mol. The number of anilines is 1. The second kappa shape index (κ2) is 8.80. The Bertz CT molecular complexity index is 681. The number of nitrogens with one attached hydrogen (secondary N) is 2. The molecule has 142 valence electrons. The second-order valence-electron chi connectivity index (χ2n) is 6.99. The third kappa shape index (κ3) is 5.29. The molecule has 0 bridgehead atoms. The Morgan fingerprint density at radius 2 is 1.65 bits per heavy atom. The number of likely N-dealkylation sites (N-methyl/N-ethyl adjacent to an activating group) is 1. The fourth-order valence-electron chi connectivity index (χ4n) is 3.06. The van der Waals surface area contributed by atoms with Crippen molar-refractivity contribution in [2.75, 3.05) is 51.6 Å². The maximum atomic E-state index is 12.4. The molecule has 1 aliphatic heterocycles. The van der Waals surface area contributed by atoms with Crippen LogP contribution in [0.15, 0.2) is 18.2 Å². The highest BCUT2D eigenvalue weighted by atomic mass is 16.2. The predicted molar refractivity (Wildman–Crippen MR) is 100 cm³/mol. The van der Waals surface area contributed by atoms with E-state index in [9.17, 15) is 14.4 Å². The van der Waals surface area contributed by atoms with Gasteiger partial charge in [-0.1, -0.05) is 12.1 Å². The molecule has 1 atom stereocenters. The number of benzene rings is 1. The average Bonchev–Trinajstić information content (AvgIpc) is 2.58. The minimum Gasteiger partial charge on any atom is -0.339 e. The first-order valence-corrected chi connectivity index (χ1v) is 8.98. The number of aryl methyl sites for hydroxylation is 1. The number of piperazine rings is 1. The fraction of sp³-hybridized carbons (Fsp3) is 0.526. The summed E-state index contributed by atoms with van der Waals surface area (Å²) in [4.78, 5) is 40.4. The van der Waals surface area contributed by atoms with Gasteiger partial charge >= 0.3 is 0 Å². The van der Waals surface area contributed by atoms with Gasteiger partial charge in [-0.05, 0) is 31.0 Å². The van der Waals surface area contributed by atoms with Crippen molar-refractivity contribution >= 4 is 23.4 Å². The molecule has 1 unspecified atom stereocenters. The molecule has 1 heterocycles. The molecule has 3 amide bonds. The first-order chi connectivity index (χ1) is 12.3. The van der Waals surface area contributed by atoms with Gasteiger partial charge in [-0.2, -0.15) is 0 Å². The van der Waals surface area contributed by atoms with Crippen molar-refractivity contribution in [3.05, 3.63) is 29.3 Å².